The molecule has 2 aliphatic carbocycles. The van der Waals surface area contributed by atoms with Gasteiger partial charge in [0.2, 0.25) is 0 Å². The minimum Gasteiger partial charge on any atom is -0.355 e. The summed E-state index contributed by atoms with van der Waals surface area (Å²) in [6.45, 7) is 23.5. The highest BCUT2D eigenvalue weighted by Crippen LogP contribution is 2.57. The standard InChI is InChI=1S/C40H47N/c1-11-40(12-2)33-21-25(37(3,4)5)17-19-30(33)36-34(40)22-26(38(6,7)8)23-35(36)41-27-18-20-29-28-15-13-14-16-31(28)39(9,10)32(29)24-27/h13-24,41H,11-12H2,1-10H3. The third kappa shape index (κ3) is 4.10. The molecule has 4 aromatic rings. The van der Waals surface area contributed by atoms with Crippen LogP contribution >= 0.6 is 0 Å². The second-order valence-corrected chi connectivity index (χ2v) is 15.1. The first kappa shape index (κ1) is 27.8. The van der Waals surface area contributed by atoms with Gasteiger partial charge in [-0.05, 0) is 91.9 Å². The van der Waals surface area contributed by atoms with E-state index >= 15 is 0 Å². The highest BCUT2D eigenvalue weighted by molar-refractivity contribution is 5.93. The van der Waals surface area contributed by atoms with Gasteiger partial charge in [-0.1, -0.05) is 124 Å². The van der Waals surface area contributed by atoms with Gasteiger partial charge >= 0.3 is 0 Å². The van der Waals surface area contributed by atoms with Crippen LogP contribution < -0.4 is 5.32 Å². The fourth-order valence-electron chi connectivity index (χ4n) is 7.56. The molecule has 1 nitrogen and oxygen atoms in total. The van der Waals surface area contributed by atoms with Gasteiger partial charge in [0.1, 0.15) is 0 Å². The van der Waals surface area contributed by atoms with Gasteiger partial charge < -0.3 is 5.32 Å². The van der Waals surface area contributed by atoms with Crippen LogP contribution in [0.2, 0.25) is 0 Å². The van der Waals surface area contributed by atoms with Crippen molar-refractivity contribution in [3.05, 3.63) is 106 Å². The monoisotopic (exact) mass is 541 g/mol. The zero-order valence-corrected chi connectivity index (χ0v) is 26.8. The van der Waals surface area contributed by atoms with Crippen molar-refractivity contribution in [2.24, 2.45) is 0 Å². The summed E-state index contributed by atoms with van der Waals surface area (Å²) in [5, 5.41) is 3.98. The number of hydrogen-bond acceptors (Lipinski definition) is 1. The number of benzene rings is 4. The lowest BCUT2D eigenvalue weighted by atomic mass is 9.71. The molecule has 0 saturated carbocycles. The molecule has 0 bridgehead atoms. The summed E-state index contributed by atoms with van der Waals surface area (Å²) in [4.78, 5) is 0. The maximum Gasteiger partial charge on any atom is 0.0470 e. The maximum absolute atomic E-state index is 3.98. The summed E-state index contributed by atoms with van der Waals surface area (Å²) >= 11 is 0. The Kier molecular flexibility index (Phi) is 6.17. The molecule has 0 atom stereocenters. The zero-order valence-electron chi connectivity index (χ0n) is 26.8. The van der Waals surface area contributed by atoms with Crippen LogP contribution in [-0.4, -0.2) is 0 Å². The Morgan fingerprint density at radius 1 is 0.585 bits per heavy atom. The molecule has 0 heterocycles. The summed E-state index contributed by atoms with van der Waals surface area (Å²) in [5.74, 6) is 0. The highest BCUT2D eigenvalue weighted by atomic mass is 14.9. The van der Waals surface area contributed by atoms with Gasteiger partial charge in [0.25, 0.3) is 0 Å². The highest BCUT2D eigenvalue weighted by Gasteiger charge is 2.43. The SMILES string of the molecule is CCC1(CC)c2cc(C(C)(C)C)ccc2-c2c(Nc3ccc4c(c3)C(C)(C)c3ccccc3-4)cc(C(C)(C)C)cc21. The van der Waals surface area contributed by atoms with Crippen LogP contribution in [0.25, 0.3) is 22.3 Å². The van der Waals surface area contributed by atoms with Crippen LogP contribution in [-0.2, 0) is 21.7 Å². The van der Waals surface area contributed by atoms with Crippen LogP contribution in [0.15, 0.2) is 72.8 Å². The largest absolute Gasteiger partial charge is 0.355 e. The van der Waals surface area contributed by atoms with Crippen molar-refractivity contribution in [1.29, 1.82) is 0 Å². The molecule has 0 saturated heterocycles. The van der Waals surface area contributed by atoms with E-state index in [1.54, 1.807) is 0 Å². The first-order chi connectivity index (χ1) is 19.2. The van der Waals surface area contributed by atoms with Crippen molar-refractivity contribution in [3.8, 4) is 22.3 Å². The predicted molar refractivity (Wildman–Crippen MR) is 178 cm³/mol. The van der Waals surface area contributed by atoms with Crippen LogP contribution in [0, 0.1) is 0 Å². The number of hydrogen-bond donors (Lipinski definition) is 1. The van der Waals surface area contributed by atoms with Crippen LogP contribution in [0.1, 0.15) is 115 Å². The number of fused-ring (bicyclic) bond motifs is 6. The van der Waals surface area contributed by atoms with Gasteiger partial charge in [-0.2, -0.15) is 0 Å². The van der Waals surface area contributed by atoms with Crippen LogP contribution in [0.3, 0.4) is 0 Å². The molecule has 0 unspecified atom stereocenters. The molecule has 1 heteroatoms. The fraction of sp³-hybridized carbons (Fsp3) is 0.400. The Hall–Kier alpha value is -3.32. The van der Waals surface area contributed by atoms with Gasteiger partial charge in [0.05, 0.1) is 0 Å². The quantitative estimate of drug-likeness (QED) is 0.271. The van der Waals surface area contributed by atoms with E-state index < -0.39 is 0 Å². The van der Waals surface area contributed by atoms with Crippen molar-refractivity contribution >= 4 is 11.4 Å². The summed E-state index contributed by atoms with van der Waals surface area (Å²) in [5.41, 5.74) is 16.7. The lowest BCUT2D eigenvalue weighted by Gasteiger charge is -2.32. The lowest BCUT2D eigenvalue weighted by molar-refractivity contribution is 0.485. The molecule has 2 aliphatic rings. The maximum atomic E-state index is 3.98. The molecule has 0 amide bonds. The van der Waals surface area contributed by atoms with Crippen molar-refractivity contribution in [2.75, 3.05) is 5.32 Å². The lowest BCUT2D eigenvalue weighted by Crippen LogP contribution is -2.25. The average Bonchev–Trinajstić information content (AvgIpc) is 3.33. The molecular formula is C40H47N. The minimum absolute atomic E-state index is 0.0190. The van der Waals surface area contributed by atoms with Crippen molar-refractivity contribution < 1.29 is 0 Å². The normalized spacial score (nSPS) is 16.1. The molecule has 0 aliphatic heterocycles. The Balaban J connectivity index is 1.56. The van der Waals surface area contributed by atoms with Gasteiger partial charge in [0.15, 0.2) is 0 Å². The Morgan fingerprint density at radius 2 is 1.20 bits per heavy atom. The van der Waals surface area contributed by atoms with E-state index in [0.29, 0.717) is 0 Å². The number of nitrogens with one attached hydrogen (secondary N) is 1. The van der Waals surface area contributed by atoms with E-state index in [2.05, 4.69) is 147 Å². The second kappa shape index (κ2) is 9.09. The Morgan fingerprint density at radius 3 is 1.85 bits per heavy atom. The average molecular weight is 542 g/mol. The predicted octanol–water partition coefficient (Wildman–Crippen LogP) is 11.4. The third-order valence-electron chi connectivity index (χ3n) is 10.3. The molecule has 0 spiro atoms. The topological polar surface area (TPSA) is 12.0 Å². The van der Waals surface area contributed by atoms with Gasteiger partial charge in [-0.15, -0.1) is 0 Å². The Labute approximate surface area is 248 Å². The fourth-order valence-corrected chi connectivity index (χ4v) is 7.56. The Bertz CT molecular complexity index is 1660. The van der Waals surface area contributed by atoms with E-state index in [1.807, 2.05) is 0 Å². The third-order valence-corrected chi connectivity index (χ3v) is 10.3. The van der Waals surface area contributed by atoms with E-state index in [1.165, 1.54) is 61.3 Å². The van der Waals surface area contributed by atoms with Gasteiger partial charge in [-0.25, -0.2) is 0 Å². The zero-order chi connectivity index (χ0) is 29.5. The van der Waals surface area contributed by atoms with E-state index in [4.69, 9.17) is 0 Å². The molecule has 41 heavy (non-hydrogen) atoms. The smallest absolute Gasteiger partial charge is 0.0470 e. The molecule has 212 valence electrons. The molecule has 0 fully saturated rings. The van der Waals surface area contributed by atoms with E-state index in [0.717, 1.165) is 18.5 Å². The minimum atomic E-state index is -0.0195. The summed E-state index contributed by atoms with van der Waals surface area (Å²) in [6.07, 6.45) is 2.19. The number of anilines is 2. The number of rotatable bonds is 4. The second-order valence-electron chi connectivity index (χ2n) is 15.1. The van der Waals surface area contributed by atoms with Crippen molar-refractivity contribution in [3.63, 3.8) is 0 Å². The van der Waals surface area contributed by atoms with Crippen LogP contribution in [0.4, 0.5) is 11.4 Å². The molecule has 4 aromatic carbocycles. The molecule has 0 aromatic heterocycles. The first-order valence-corrected chi connectivity index (χ1v) is 15.6. The molecule has 1 N–H and O–H groups in total. The molecule has 6 rings (SSSR count). The summed E-state index contributed by atoms with van der Waals surface area (Å²) in [7, 11) is 0. The van der Waals surface area contributed by atoms with E-state index in [9.17, 15) is 0 Å². The summed E-state index contributed by atoms with van der Waals surface area (Å²) in [6, 6.07) is 28.2. The first-order valence-electron chi connectivity index (χ1n) is 15.6. The summed E-state index contributed by atoms with van der Waals surface area (Å²) < 4.78 is 0. The van der Waals surface area contributed by atoms with Crippen molar-refractivity contribution in [1.82, 2.24) is 0 Å². The molecule has 0 radical (unpaired) electrons. The van der Waals surface area contributed by atoms with E-state index in [-0.39, 0.29) is 21.7 Å². The van der Waals surface area contributed by atoms with Gasteiger partial charge in [-0.3, -0.25) is 0 Å². The van der Waals surface area contributed by atoms with Crippen molar-refractivity contribution in [2.45, 2.75) is 104 Å². The van der Waals surface area contributed by atoms with Gasteiger partial charge in [0, 0.05) is 27.8 Å². The molecular weight excluding hydrogens is 494 g/mol. The van der Waals surface area contributed by atoms with Crippen LogP contribution in [0.5, 0.6) is 0 Å².